The molecule has 0 aliphatic carbocycles. The van der Waals surface area contributed by atoms with Gasteiger partial charge in [-0.15, -0.1) is 0 Å². The lowest BCUT2D eigenvalue weighted by Crippen LogP contribution is -1.97. The smallest absolute Gasteiger partial charge is 0.137 e. The van der Waals surface area contributed by atoms with Gasteiger partial charge in [0.2, 0.25) is 0 Å². The fourth-order valence-electron chi connectivity index (χ4n) is 2.78. The normalized spacial score (nSPS) is 10.2. The van der Waals surface area contributed by atoms with E-state index < -0.39 is 0 Å². The number of rotatable bonds is 4. The molecule has 0 heterocycles. The molecule has 2 heteroatoms. The molecule has 0 spiro atoms. The monoisotopic (exact) mass is 313 g/mol. The highest BCUT2D eigenvalue weighted by Gasteiger charge is 2.08. The second-order valence-corrected chi connectivity index (χ2v) is 5.92. The van der Waals surface area contributed by atoms with E-state index in [1.807, 2.05) is 48.5 Å². The maximum absolute atomic E-state index is 9.47. The van der Waals surface area contributed by atoms with E-state index in [1.165, 1.54) is 11.1 Å². The zero-order valence-corrected chi connectivity index (χ0v) is 13.9. The Kier molecular flexibility index (Phi) is 4.63. The van der Waals surface area contributed by atoms with Crippen LogP contribution < -0.4 is 4.74 Å². The number of nitrogens with zero attached hydrogens (tertiary/aromatic N) is 1. The highest BCUT2D eigenvalue weighted by atomic mass is 16.5. The van der Waals surface area contributed by atoms with Crippen LogP contribution in [-0.2, 0) is 6.61 Å². The Hall–Kier alpha value is -3.05. The zero-order valence-electron chi connectivity index (χ0n) is 13.9. The zero-order chi connectivity index (χ0) is 16.9. The van der Waals surface area contributed by atoms with Gasteiger partial charge in [0.1, 0.15) is 18.4 Å². The third kappa shape index (κ3) is 3.47. The summed E-state index contributed by atoms with van der Waals surface area (Å²) in [6, 6.07) is 24.3. The fraction of sp³-hybridized carbons (Fsp3) is 0.136. The molecule has 0 aliphatic heterocycles. The van der Waals surface area contributed by atoms with Gasteiger partial charge >= 0.3 is 0 Å². The molecular formula is C22H19NO. The van der Waals surface area contributed by atoms with Gasteiger partial charge in [-0.05, 0) is 48.2 Å². The number of aryl methyl sites for hydroxylation is 2. The van der Waals surface area contributed by atoms with Crippen molar-refractivity contribution in [3.05, 3.63) is 89.0 Å². The molecule has 0 amide bonds. The average molecular weight is 313 g/mol. The predicted octanol–water partition coefficient (Wildman–Crippen LogP) is 5.42. The lowest BCUT2D eigenvalue weighted by atomic mass is 9.97. The maximum Gasteiger partial charge on any atom is 0.137 e. The molecule has 0 saturated carbocycles. The first-order valence-corrected chi connectivity index (χ1v) is 7.96. The molecule has 3 rings (SSSR count). The minimum absolute atomic E-state index is 0.457. The van der Waals surface area contributed by atoms with Crippen molar-refractivity contribution in [1.82, 2.24) is 0 Å². The third-order valence-electron chi connectivity index (χ3n) is 4.03. The van der Waals surface area contributed by atoms with E-state index >= 15 is 0 Å². The van der Waals surface area contributed by atoms with Crippen LogP contribution in [0.25, 0.3) is 11.1 Å². The molecule has 0 bridgehead atoms. The summed E-state index contributed by atoms with van der Waals surface area (Å²) in [6.07, 6.45) is 0. The number of ether oxygens (including phenoxy) is 1. The lowest BCUT2D eigenvalue weighted by Gasteiger charge is -2.11. The molecule has 0 atom stereocenters. The van der Waals surface area contributed by atoms with Gasteiger partial charge in [0.05, 0.1) is 5.56 Å². The van der Waals surface area contributed by atoms with Crippen LogP contribution in [0.5, 0.6) is 5.75 Å². The van der Waals surface area contributed by atoms with Crippen LogP contribution in [-0.4, -0.2) is 0 Å². The fourth-order valence-corrected chi connectivity index (χ4v) is 2.78. The standard InChI is InChI=1S/C22H19NO/c1-16-8-10-21(17(2)12-16)19-9-11-22(20(13-19)14-23)24-15-18-6-4-3-5-7-18/h3-13H,15H2,1-2H3. The molecule has 0 radical (unpaired) electrons. The largest absolute Gasteiger partial charge is 0.488 e. The van der Waals surface area contributed by atoms with Crippen molar-refractivity contribution in [2.24, 2.45) is 0 Å². The number of nitriles is 1. The van der Waals surface area contributed by atoms with Crippen LogP contribution >= 0.6 is 0 Å². The second kappa shape index (κ2) is 7.02. The summed E-state index contributed by atoms with van der Waals surface area (Å²) in [4.78, 5) is 0. The topological polar surface area (TPSA) is 33.0 Å². The summed E-state index contributed by atoms with van der Waals surface area (Å²) in [5, 5.41) is 9.47. The van der Waals surface area contributed by atoms with E-state index in [1.54, 1.807) is 0 Å². The first kappa shape index (κ1) is 15.8. The molecule has 3 aromatic rings. The number of benzene rings is 3. The summed E-state index contributed by atoms with van der Waals surface area (Å²) in [6.45, 7) is 4.63. The Balaban J connectivity index is 1.87. The van der Waals surface area contributed by atoms with E-state index in [0.717, 1.165) is 16.7 Å². The van der Waals surface area contributed by atoms with Crippen LogP contribution in [0.4, 0.5) is 0 Å². The highest BCUT2D eigenvalue weighted by molar-refractivity contribution is 5.70. The van der Waals surface area contributed by atoms with E-state index in [2.05, 4.69) is 38.1 Å². The van der Waals surface area contributed by atoms with Crippen LogP contribution in [0.3, 0.4) is 0 Å². The summed E-state index contributed by atoms with van der Waals surface area (Å²) in [5.74, 6) is 0.620. The SMILES string of the molecule is Cc1ccc(-c2ccc(OCc3ccccc3)c(C#N)c2)c(C)c1. The van der Waals surface area contributed by atoms with E-state index in [4.69, 9.17) is 4.74 Å². The maximum atomic E-state index is 9.47. The van der Waals surface area contributed by atoms with E-state index in [-0.39, 0.29) is 0 Å². The number of hydrogen-bond donors (Lipinski definition) is 0. The molecule has 0 saturated heterocycles. The van der Waals surface area contributed by atoms with Crippen molar-refractivity contribution in [3.8, 4) is 22.9 Å². The van der Waals surface area contributed by atoms with Crippen LogP contribution in [0, 0.1) is 25.2 Å². The third-order valence-corrected chi connectivity index (χ3v) is 4.03. The van der Waals surface area contributed by atoms with Gasteiger partial charge in [-0.3, -0.25) is 0 Å². The summed E-state index contributed by atoms with van der Waals surface area (Å²) in [7, 11) is 0. The lowest BCUT2D eigenvalue weighted by molar-refractivity contribution is 0.305. The first-order valence-electron chi connectivity index (χ1n) is 7.96. The molecule has 0 aromatic heterocycles. The van der Waals surface area contributed by atoms with Gasteiger partial charge in [0.25, 0.3) is 0 Å². The van der Waals surface area contributed by atoms with Crippen LogP contribution in [0.15, 0.2) is 66.7 Å². The molecule has 3 aromatic carbocycles. The molecular weight excluding hydrogens is 294 g/mol. The Morgan fingerprint density at radius 1 is 0.917 bits per heavy atom. The molecule has 24 heavy (non-hydrogen) atoms. The first-order chi connectivity index (χ1) is 11.7. The second-order valence-electron chi connectivity index (χ2n) is 5.92. The van der Waals surface area contributed by atoms with Crippen LogP contribution in [0.1, 0.15) is 22.3 Å². The van der Waals surface area contributed by atoms with Crippen molar-refractivity contribution in [2.45, 2.75) is 20.5 Å². The van der Waals surface area contributed by atoms with Gasteiger partial charge in [-0.1, -0.05) is 60.2 Å². The van der Waals surface area contributed by atoms with Gasteiger partial charge in [-0.2, -0.15) is 5.26 Å². The van der Waals surface area contributed by atoms with E-state index in [9.17, 15) is 5.26 Å². The van der Waals surface area contributed by atoms with Crippen molar-refractivity contribution in [3.63, 3.8) is 0 Å². The Morgan fingerprint density at radius 3 is 2.42 bits per heavy atom. The van der Waals surface area contributed by atoms with Gasteiger partial charge in [0.15, 0.2) is 0 Å². The number of hydrogen-bond acceptors (Lipinski definition) is 2. The summed E-state index contributed by atoms with van der Waals surface area (Å²) in [5.41, 5.74) is 6.27. The molecule has 2 nitrogen and oxygen atoms in total. The average Bonchev–Trinajstić information content (AvgIpc) is 2.61. The highest BCUT2D eigenvalue weighted by Crippen LogP contribution is 2.29. The molecule has 118 valence electrons. The minimum atomic E-state index is 0.457. The van der Waals surface area contributed by atoms with Crippen molar-refractivity contribution < 1.29 is 4.74 Å². The van der Waals surface area contributed by atoms with Crippen molar-refractivity contribution in [1.29, 1.82) is 5.26 Å². The van der Waals surface area contributed by atoms with Crippen molar-refractivity contribution >= 4 is 0 Å². The molecule has 0 aliphatic rings. The quantitative estimate of drug-likeness (QED) is 0.644. The Labute approximate surface area is 143 Å². The summed E-state index contributed by atoms with van der Waals surface area (Å²) < 4.78 is 5.83. The van der Waals surface area contributed by atoms with Gasteiger partial charge in [0, 0.05) is 0 Å². The van der Waals surface area contributed by atoms with Gasteiger partial charge < -0.3 is 4.74 Å². The Morgan fingerprint density at radius 2 is 1.71 bits per heavy atom. The summed E-state index contributed by atoms with van der Waals surface area (Å²) >= 11 is 0. The molecule has 0 N–H and O–H groups in total. The van der Waals surface area contributed by atoms with E-state index in [0.29, 0.717) is 17.9 Å². The predicted molar refractivity (Wildman–Crippen MR) is 96.8 cm³/mol. The van der Waals surface area contributed by atoms with Gasteiger partial charge in [-0.25, -0.2) is 0 Å². The Bertz CT molecular complexity index is 892. The van der Waals surface area contributed by atoms with Crippen LogP contribution in [0.2, 0.25) is 0 Å². The molecule has 0 unspecified atom stereocenters. The minimum Gasteiger partial charge on any atom is -0.488 e. The van der Waals surface area contributed by atoms with Crippen molar-refractivity contribution in [2.75, 3.05) is 0 Å². The molecule has 0 fully saturated rings.